The molecule has 5 rings (SSSR count). The van der Waals surface area contributed by atoms with Crippen molar-refractivity contribution in [1.82, 2.24) is 14.5 Å². The van der Waals surface area contributed by atoms with E-state index in [-0.39, 0.29) is 0 Å². The summed E-state index contributed by atoms with van der Waals surface area (Å²) in [6, 6.07) is 9.18. The molecule has 0 bridgehead atoms. The van der Waals surface area contributed by atoms with Gasteiger partial charge in [-0.3, -0.25) is 4.79 Å². The van der Waals surface area contributed by atoms with Crippen molar-refractivity contribution in [3.8, 4) is 11.3 Å². The van der Waals surface area contributed by atoms with E-state index in [0.717, 1.165) is 25.4 Å². The summed E-state index contributed by atoms with van der Waals surface area (Å²) in [4.78, 5) is 18.8. The molecule has 1 atom stereocenters. The number of imidazole rings is 1. The van der Waals surface area contributed by atoms with Crippen molar-refractivity contribution in [3.05, 3.63) is 42.4 Å². The Bertz CT molecular complexity index is 799. The molecule has 1 saturated carbocycles. The van der Waals surface area contributed by atoms with Gasteiger partial charge in [-0.1, -0.05) is 24.3 Å². The van der Waals surface area contributed by atoms with Gasteiger partial charge in [0.05, 0.1) is 24.3 Å². The highest BCUT2D eigenvalue weighted by Gasteiger charge is 2.31. The van der Waals surface area contributed by atoms with Crippen LogP contribution >= 0.6 is 0 Å². The SMILES string of the molecule is O=C(CC1CC1)N1CCC(CCC2c3ccccc3-c3cncn32)CC1. The fourth-order valence-electron chi connectivity index (χ4n) is 4.79. The Morgan fingerprint density at radius 3 is 2.65 bits per heavy atom. The summed E-state index contributed by atoms with van der Waals surface area (Å²) in [7, 11) is 0. The number of likely N-dealkylation sites (tertiary alicyclic amines) is 1. The summed E-state index contributed by atoms with van der Waals surface area (Å²) in [6.07, 6.45) is 12.0. The van der Waals surface area contributed by atoms with Gasteiger partial charge < -0.3 is 9.47 Å². The van der Waals surface area contributed by atoms with Crippen LogP contribution in [-0.4, -0.2) is 33.4 Å². The molecular weight excluding hydrogens is 322 g/mol. The third-order valence-electron chi connectivity index (χ3n) is 6.57. The van der Waals surface area contributed by atoms with E-state index >= 15 is 0 Å². The summed E-state index contributed by atoms with van der Waals surface area (Å²) in [5.74, 6) is 1.85. The van der Waals surface area contributed by atoms with E-state index in [0.29, 0.717) is 17.9 Å². The minimum Gasteiger partial charge on any atom is -0.343 e. The van der Waals surface area contributed by atoms with Crippen LogP contribution in [0.25, 0.3) is 11.3 Å². The lowest BCUT2D eigenvalue weighted by molar-refractivity contribution is -0.133. The van der Waals surface area contributed by atoms with Crippen molar-refractivity contribution in [1.29, 1.82) is 0 Å². The normalized spacial score (nSPS) is 22.3. The maximum absolute atomic E-state index is 12.3. The number of fused-ring (bicyclic) bond motifs is 3. The predicted octanol–water partition coefficient (Wildman–Crippen LogP) is 4.27. The number of nitrogens with zero attached hydrogens (tertiary/aromatic N) is 3. The van der Waals surface area contributed by atoms with E-state index < -0.39 is 0 Å². The van der Waals surface area contributed by atoms with Crippen LogP contribution in [0.1, 0.15) is 56.6 Å². The van der Waals surface area contributed by atoms with Gasteiger partial charge in [0, 0.05) is 25.1 Å². The van der Waals surface area contributed by atoms with Gasteiger partial charge in [-0.25, -0.2) is 4.98 Å². The van der Waals surface area contributed by atoms with Gasteiger partial charge in [-0.2, -0.15) is 0 Å². The van der Waals surface area contributed by atoms with Crippen LogP contribution in [-0.2, 0) is 4.79 Å². The first kappa shape index (κ1) is 16.1. The van der Waals surface area contributed by atoms with Crippen LogP contribution in [0.4, 0.5) is 0 Å². The fraction of sp³-hybridized carbons (Fsp3) is 0.545. The summed E-state index contributed by atoms with van der Waals surface area (Å²) in [5, 5.41) is 0. The highest BCUT2D eigenvalue weighted by molar-refractivity contribution is 5.76. The van der Waals surface area contributed by atoms with E-state index in [2.05, 4.69) is 38.7 Å². The number of hydrogen-bond donors (Lipinski definition) is 0. The smallest absolute Gasteiger partial charge is 0.222 e. The van der Waals surface area contributed by atoms with Crippen LogP contribution < -0.4 is 0 Å². The van der Waals surface area contributed by atoms with E-state index in [1.54, 1.807) is 0 Å². The zero-order chi connectivity index (χ0) is 17.5. The lowest BCUT2D eigenvalue weighted by Crippen LogP contribution is -2.38. The lowest BCUT2D eigenvalue weighted by atomic mass is 9.89. The molecule has 1 unspecified atom stereocenters. The zero-order valence-corrected chi connectivity index (χ0v) is 15.3. The predicted molar refractivity (Wildman–Crippen MR) is 102 cm³/mol. The number of carbonyl (C=O) groups excluding carboxylic acids is 1. The second kappa shape index (κ2) is 6.57. The molecule has 136 valence electrons. The molecule has 1 aliphatic carbocycles. The van der Waals surface area contributed by atoms with Crippen molar-refractivity contribution in [2.75, 3.05) is 13.1 Å². The zero-order valence-electron chi connectivity index (χ0n) is 15.3. The first-order valence-corrected chi connectivity index (χ1v) is 10.2. The number of rotatable bonds is 5. The van der Waals surface area contributed by atoms with E-state index in [1.807, 2.05) is 12.5 Å². The number of carbonyl (C=O) groups is 1. The van der Waals surface area contributed by atoms with Gasteiger partial charge in [-0.15, -0.1) is 0 Å². The van der Waals surface area contributed by atoms with Gasteiger partial charge >= 0.3 is 0 Å². The van der Waals surface area contributed by atoms with Crippen LogP contribution in [0.5, 0.6) is 0 Å². The van der Waals surface area contributed by atoms with Crippen LogP contribution in [0, 0.1) is 11.8 Å². The number of benzene rings is 1. The van der Waals surface area contributed by atoms with Crippen molar-refractivity contribution in [3.63, 3.8) is 0 Å². The highest BCUT2D eigenvalue weighted by atomic mass is 16.2. The van der Waals surface area contributed by atoms with Crippen LogP contribution in [0.2, 0.25) is 0 Å². The lowest BCUT2D eigenvalue weighted by Gasteiger charge is -2.32. The van der Waals surface area contributed by atoms with Gasteiger partial charge in [-0.05, 0) is 55.9 Å². The molecule has 1 aromatic carbocycles. The largest absolute Gasteiger partial charge is 0.343 e. The van der Waals surface area contributed by atoms with E-state index in [9.17, 15) is 4.79 Å². The van der Waals surface area contributed by atoms with Crippen molar-refractivity contribution in [2.24, 2.45) is 11.8 Å². The van der Waals surface area contributed by atoms with Crippen molar-refractivity contribution >= 4 is 5.91 Å². The van der Waals surface area contributed by atoms with E-state index in [1.165, 1.54) is 55.3 Å². The first-order chi connectivity index (χ1) is 12.8. The molecule has 26 heavy (non-hydrogen) atoms. The van der Waals surface area contributed by atoms with Crippen molar-refractivity contribution in [2.45, 2.75) is 51.0 Å². The van der Waals surface area contributed by atoms with Crippen molar-refractivity contribution < 1.29 is 4.79 Å². The molecule has 4 nitrogen and oxygen atoms in total. The number of piperidine rings is 1. The Balaban J connectivity index is 1.18. The number of amides is 1. The summed E-state index contributed by atoms with van der Waals surface area (Å²) >= 11 is 0. The molecule has 2 fully saturated rings. The summed E-state index contributed by atoms with van der Waals surface area (Å²) < 4.78 is 2.35. The quantitative estimate of drug-likeness (QED) is 0.808. The standard InChI is InChI=1S/C22H27N3O/c26-22(13-17-5-6-17)24-11-9-16(10-12-24)7-8-20-18-3-1-2-4-19(18)21-14-23-15-25(20)21/h1-4,14-17,20H,5-13H2. The fourth-order valence-corrected chi connectivity index (χ4v) is 4.79. The maximum atomic E-state index is 12.3. The molecule has 2 aromatic rings. The average molecular weight is 349 g/mol. The molecular formula is C22H27N3O. The van der Waals surface area contributed by atoms with Crippen LogP contribution in [0.3, 0.4) is 0 Å². The molecule has 1 aromatic heterocycles. The molecule has 0 spiro atoms. The molecule has 2 aliphatic heterocycles. The average Bonchev–Trinajstić information content (AvgIpc) is 3.26. The van der Waals surface area contributed by atoms with Crippen LogP contribution in [0.15, 0.2) is 36.8 Å². The Morgan fingerprint density at radius 2 is 1.85 bits per heavy atom. The Morgan fingerprint density at radius 1 is 1.04 bits per heavy atom. The minimum absolute atomic E-state index is 0.402. The highest BCUT2D eigenvalue weighted by Crippen LogP contribution is 2.42. The van der Waals surface area contributed by atoms with Gasteiger partial charge in [0.15, 0.2) is 0 Å². The van der Waals surface area contributed by atoms with Gasteiger partial charge in [0.1, 0.15) is 0 Å². The topological polar surface area (TPSA) is 38.1 Å². The molecule has 3 heterocycles. The number of aromatic nitrogens is 2. The molecule has 1 saturated heterocycles. The number of hydrogen-bond acceptors (Lipinski definition) is 2. The third-order valence-corrected chi connectivity index (χ3v) is 6.57. The van der Waals surface area contributed by atoms with E-state index in [4.69, 9.17) is 0 Å². The van der Waals surface area contributed by atoms with Gasteiger partial charge in [0.2, 0.25) is 5.91 Å². The minimum atomic E-state index is 0.402. The molecule has 4 heteroatoms. The maximum Gasteiger partial charge on any atom is 0.222 e. The first-order valence-electron chi connectivity index (χ1n) is 10.2. The second-order valence-corrected chi connectivity index (χ2v) is 8.34. The summed E-state index contributed by atoms with van der Waals surface area (Å²) in [5.41, 5.74) is 4.04. The monoisotopic (exact) mass is 349 g/mol. The Labute approximate surface area is 155 Å². The molecule has 1 amide bonds. The summed E-state index contributed by atoms with van der Waals surface area (Å²) in [6.45, 7) is 1.93. The second-order valence-electron chi connectivity index (χ2n) is 8.34. The third kappa shape index (κ3) is 2.95. The molecule has 0 radical (unpaired) electrons. The molecule has 3 aliphatic rings. The Hall–Kier alpha value is -2.10. The van der Waals surface area contributed by atoms with Gasteiger partial charge in [0.25, 0.3) is 0 Å². The Kier molecular flexibility index (Phi) is 4.07. The molecule has 0 N–H and O–H groups in total.